The zero-order chi connectivity index (χ0) is 13.8. The van der Waals surface area contributed by atoms with Crippen molar-refractivity contribution in [2.45, 2.75) is 19.4 Å². The molecule has 0 radical (unpaired) electrons. The van der Waals surface area contributed by atoms with Gasteiger partial charge in [-0.15, -0.1) is 0 Å². The van der Waals surface area contributed by atoms with E-state index in [1.165, 1.54) is 0 Å². The molecular formula is C14H14BrClN2O. The summed E-state index contributed by atoms with van der Waals surface area (Å²) < 4.78 is 6.69. The second kappa shape index (κ2) is 6.37. The van der Waals surface area contributed by atoms with Crippen molar-refractivity contribution in [2.75, 3.05) is 0 Å². The molecule has 2 rings (SSSR count). The third-order valence-electron chi connectivity index (χ3n) is 2.49. The smallest absolute Gasteiger partial charge is 0.222 e. The third kappa shape index (κ3) is 3.93. The van der Waals surface area contributed by atoms with Gasteiger partial charge in [0.1, 0.15) is 5.75 Å². The summed E-state index contributed by atoms with van der Waals surface area (Å²) in [6.45, 7) is 1.95. The predicted molar refractivity (Wildman–Crippen MR) is 80.8 cm³/mol. The fraction of sp³-hybridized carbons (Fsp3) is 0.214. The van der Waals surface area contributed by atoms with Gasteiger partial charge in [-0.3, -0.25) is 0 Å². The minimum absolute atomic E-state index is 0.0459. The van der Waals surface area contributed by atoms with Gasteiger partial charge in [0.25, 0.3) is 0 Å². The Kier molecular flexibility index (Phi) is 4.80. The van der Waals surface area contributed by atoms with Crippen molar-refractivity contribution in [3.05, 3.63) is 51.6 Å². The maximum absolute atomic E-state index is 6.11. The molecule has 1 aromatic heterocycles. The lowest BCUT2D eigenvalue weighted by molar-refractivity contribution is 0.454. The van der Waals surface area contributed by atoms with Gasteiger partial charge >= 0.3 is 0 Å². The second-order valence-electron chi connectivity index (χ2n) is 4.33. The van der Waals surface area contributed by atoms with Gasteiger partial charge < -0.3 is 10.5 Å². The first-order valence-corrected chi connectivity index (χ1v) is 7.05. The highest BCUT2D eigenvalue weighted by Crippen LogP contribution is 2.32. The van der Waals surface area contributed by atoms with Gasteiger partial charge in [0.05, 0.1) is 5.02 Å². The summed E-state index contributed by atoms with van der Waals surface area (Å²) in [5, 5.41) is 0.542. The van der Waals surface area contributed by atoms with Crippen LogP contribution in [0.3, 0.4) is 0 Å². The van der Waals surface area contributed by atoms with E-state index in [9.17, 15) is 0 Å². The molecule has 19 heavy (non-hydrogen) atoms. The molecule has 1 aromatic carbocycles. The topological polar surface area (TPSA) is 48.1 Å². The zero-order valence-electron chi connectivity index (χ0n) is 10.4. The van der Waals surface area contributed by atoms with Crippen LogP contribution in [-0.4, -0.2) is 11.0 Å². The summed E-state index contributed by atoms with van der Waals surface area (Å²) in [4.78, 5) is 4.25. The first-order chi connectivity index (χ1) is 9.06. The number of ether oxygens (including phenoxy) is 1. The quantitative estimate of drug-likeness (QED) is 0.907. The molecular weight excluding hydrogens is 328 g/mol. The number of hydrogen-bond donors (Lipinski definition) is 1. The molecule has 100 valence electrons. The van der Waals surface area contributed by atoms with E-state index in [4.69, 9.17) is 22.1 Å². The van der Waals surface area contributed by atoms with Crippen molar-refractivity contribution in [2.24, 2.45) is 5.73 Å². The van der Waals surface area contributed by atoms with Crippen LogP contribution in [0.15, 0.2) is 41.0 Å². The van der Waals surface area contributed by atoms with Gasteiger partial charge in [0.15, 0.2) is 0 Å². The fourth-order valence-corrected chi connectivity index (χ4v) is 2.17. The van der Waals surface area contributed by atoms with Gasteiger partial charge in [0, 0.05) is 22.3 Å². The molecule has 2 N–H and O–H groups in total. The van der Waals surface area contributed by atoms with Crippen molar-refractivity contribution in [1.82, 2.24) is 4.98 Å². The Morgan fingerprint density at radius 1 is 1.42 bits per heavy atom. The number of pyridine rings is 1. The van der Waals surface area contributed by atoms with Crippen LogP contribution in [0.25, 0.3) is 0 Å². The summed E-state index contributed by atoms with van der Waals surface area (Å²) in [6, 6.07) is 9.31. The molecule has 0 bridgehead atoms. The normalized spacial score (nSPS) is 12.2. The van der Waals surface area contributed by atoms with Gasteiger partial charge in [-0.2, -0.15) is 0 Å². The number of aromatic nitrogens is 1. The van der Waals surface area contributed by atoms with E-state index in [1.807, 2.05) is 31.2 Å². The van der Waals surface area contributed by atoms with Crippen LogP contribution < -0.4 is 10.5 Å². The number of hydrogen-bond acceptors (Lipinski definition) is 3. The highest BCUT2D eigenvalue weighted by atomic mass is 79.9. The van der Waals surface area contributed by atoms with Crippen LogP contribution in [0.5, 0.6) is 11.6 Å². The molecule has 3 nitrogen and oxygen atoms in total. The van der Waals surface area contributed by atoms with Gasteiger partial charge in [-0.05, 0) is 37.6 Å². The van der Waals surface area contributed by atoms with Crippen molar-refractivity contribution in [3.8, 4) is 11.6 Å². The van der Waals surface area contributed by atoms with Gasteiger partial charge in [0.2, 0.25) is 5.88 Å². The van der Waals surface area contributed by atoms with E-state index < -0.39 is 0 Å². The summed E-state index contributed by atoms with van der Waals surface area (Å²) in [7, 11) is 0. The Morgan fingerprint density at radius 2 is 2.21 bits per heavy atom. The fourth-order valence-electron chi connectivity index (χ4n) is 1.68. The zero-order valence-corrected chi connectivity index (χ0v) is 12.8. The molecule has 1 heterocycles. The van der Waals surface area contributed by atoms with Crippen molar-refractivity contribution in [3.63, 3.8) is 0 Å². The molecule has 1 unspecified atom stereocenters. The van der Waals surface area contributed by atoms with E-state index in [2.05, 4.69) is 20.9 Å². The molecule has 0 saturated carbocycles. The average molecular weight is 342 g/mol. The molecule has 0 aliphatic heterocycles. The van der Waals surface area contributed by atoms with Crippen LogP contribution in [0.1, 0.15) is 12.5 Å². The number of nitrogens with two attached hydrogens (primary N) is 1. The van der Waals surface area contributed by atoms with Crippen molar-refractivity contribution in [1.29, 1.82) is 0 Å². The first-order valence-electron chi connectivity index (χ1n) is 5.88. The summed E-state index contributed by atoms with van der Waals surface area (Å²) >= 11 is 9.50. The summed E-state index contributed by atoms with van der Waals surface area (Å²) in [5.74, 6) is 1.11. The average Bonchev–Trinajstić information content (AvgIpc) is 2.35. The molecule has 0 amide bonds. The van der Waals surface area contributed by atoms with Gasteiger partial charge in [-0.1, -0.05) is 33.6 Å². The van der Waals surface area contributed by atoms with E-state index in [0.29, 0.717) is 23.1 Å². The van der Waals surface area contributed by atoms with E-state index in [1.54, 1.807) is 12.3 Å². The first kappa shape index (κ1) is 14.3. The minimum Gasteiger partial charge on any atom is -0.437 e. The molecule has 0 aliphatic carbocycles. The van der Waals surface area contributed by atoms with Crippen LogP contribution in [-0.2, 0) is 6.42 Å². The van der Waals surface area contributed by atoms with E-state index >= 15 is 0 Å². The monoisotopic (exact) mass is 340 g/mol. The molecule has 2 aromatic rings. The maximum Gasteiger partial charge on any atom is 0.222 e. The summed E-state index contributed by atoms with van der Waals surface area (Å²) in [6.07, 6.45) is 2.39. The molecule has 0 aliphatic rings. The lowest BCUT2D eigenvalue weighted by atomic mass is 10.1. The van der Waals surface area contributed by atoms with Crippen molar-refractivity contribution >= 4 is 27.5 Å². The Hall–Kier alpha value is -1.10. The van der Waals surface area contributed by atoms with Crippen LogP contribution in [0.4, 0.5) is 0 Å². The molecule has 5 heteroatoms. The van der Waals surface area contributed by atoms with Crippen LogP contribution in [0, 0.1) is 0 Å². The highest BCUT2D eigenvalue weighted by molar-refractivity contribution is 9.10. The Balaban J connectivity index is 2.30. The number of benzene rings is 1. The standard InChI is InChI=1S/C14H14BrClN2O/c1-9(17)7-10-3-2-6-18-14(10)19-13-8-11(15)4-5-12(13)16/h2-6,8-9H,7,17H2,1H3. The lowest BCUT2D eigenvalue weighted by Gasteiger charge is -2.12. The Morgan fingerprint density at radius 3 is 2.95 bits per heavy atom. The highest BCUT2D eigenvalue weighted by Gasteiger charge is 2.10. The third-order valence-corrected chi connectivity index (χ3v) is 3.30. The maximum atomic E-state index is 6.11. The minimum atomic E-state index is 0.0459. The molecule has 1 atom stereocenters. The van der Waals surface area contributed by atoms with E-state index in [-0.39, 0.29) is 6.04 Å². The predicted octanol–water partition coefficient (Wildman–Crippen LogP) is 4.18. The molecule has 0 fully saturated rings. The lowest BCUT2D eigenvalue weighted by Crippen LogP contribution is -2.18. The number of rotatable bonds is 4. The van der Waals surface area contributed by atoms with Crippen LogP contribution >= 0.6 is 27.5 Å². The molecule has 0 spiro atoms. The second-order valence-corrected chi connectivity index (χ2v) is 5.65. The number of nitrogens with zero attached hydrogens (tertiary/aromatic N) is 1. The summed E-state index contributed by atoms with van der Waals surface area (Å²) in [5.41, 5.74) is 6.79. The molecule has 0 saturated heterocycles. The number of halogens is 2. The Bertz CT molecular complexity index is 575. The van der Waals surface area contributed by atoms with Gasteiger partial charge in [-0.25, -0.2) is 4.98 Å². The van der Waals surface area contributed by atoms with Crippen molar-refractivity contribution < 1.29 is 4.74 Å². The van der Waals surface area contributed by atoms with Crippen LogP contribution in [0.2, 0.25) is 5.02 Å². The SMILES string of the molecule is CC(N)Cc1cccnc1Oc1cc(Br)ccc1Cl. The van der Waals surface area contributed by atoms with E-state index in [0.717, 1.165) is 10.0 Å². The Labute approximate surface area is 125 Å². The largest absolute Gasteiger partial charge is 0.437 e.